The maximum atomic E-state index is 6.06. The number of allylic oxidation sites excluding steroid dienone is 8. The van der Waals surface area contributed by atoms with Crippen LogP contribution in [0.2, 0.25) is 0 Å². The third-order valence-electron chi connectivity index (χ3n) is 11.7. The highest BCUT2D eigenvalue weighted by atomic mass is 15.2. The number of aromatic nitrogens is 1. The molecule has 2 aliphatic carbocycles. The molecule has 0 fully saturated rings. The normalized spacial score (nSPS) is 16.1. The Balaban J connectivity index is 1.15. The van der Waals surface area contributed by atoms with Crippen molar-refractivity contribution in [2.45, 2.75) is 39.5 Å². The number of para-hydroxylation sites is 1. The number of rotatable bonds is 7. The average molecular weight is 709 g/mol. The maximum absolute atomic E-state index is 6.06. The fourth-order valence-electron chi connectivity index (χ4n) is 8.88. The molecule has 2 aliphatic rings. The molecule has 0 aliphatic heterocycles. The number of nitrogens with zero attached hydrogens (tertiary/aromatic N) is 2. The number of benzene rings is 6. The lowest BCUT2D eigenvalue weighted by molar-refractivity contribution is 0.658. The lowest BCUT2D eigenvalue weighted by atomic mass is 9.82. The first-order chi connectivity index (χ1) is 26.9. The number of fused-ring (bicyclic) bond motifs is 6. The van der Waals surface area contributed by atoms with E-state index in [0.717, 1.165) is 28.8 Å². The molecule has 1 heterocycles. The van der Waals surface area contributed by atoms with Gasteiger partial charge in [-0.05, 0) is 112 Å². The van der Waals surface area contributed by atoms with Crippen molar-refractivity contribution >= 4 is 44.5 Å². The third kappa shape index (κ3) is 5.76. The van der Waals surface area contributed by atoms with E-state index in [1.165, 1.54) is 66.7 Å². The Morgan fingerprint density at radius 1 is 0.691 bits per heavy atom. The maximum Gasteiger partial charge on any atom is 0.0967 e. The van der Waals surface area contributed by atoms with E-state index in [1.54, 1.807) is 0 Å². The molecule has 0 saturated carbocycles. The van der Waals surface area contributed by atoms with Crippen LogP contribution in [-0.2, 0) is 5.41 Å². The van der Waals surface area contributed by atoms with Crippen LogP contribution in [0, 0.1) is 18.3 Å². The van der Waals surface area contributed by atoms with Crippen LogP contribution < -0.4 is 4.90 Å². The average Bonchev–Trinajstić information content (AvgIpc) is 3.67. The summed E-state index contributed by atoms with van der Waals surface area (Å²) in [5.74, 6) is 3.24. The van der Waals surface area contributed by atoms with Gasteiger partial charge >= 0.3 is 0 Å². The van der Waals surface area contributed by atoms with Crippen molar-refractivity contribution in [1.29, 1.82) is 0 Å². The minimum atomic E-state index is -0.0877. The number of anilines is 2. The summed E-state index contributed by atoms with van der Waals surface area (Å²) in [6.07, 6.45) is 17.7. The minimum Gasteiger partial charge on any atom is -0.314 e. The standard InChI is InChI=1S/C53H44N2/c1-6-8-18-41(7-2)55-51-22-15-13-20-46(51)47-34-40(26-32-52(47)55)38-23-27-42(28-24-38)54(50-31-25-39(33-36(50)3)37-16-10-9-11-17-37)43-29-30-45-44-19-12-14-21-48(44)53(4,5)49(45)35-43/h2,6,8-32,34-36H,33H2,1,3-5H3/b8-6-,41-18+. The van der Waals surface area contributed by atoms with Gasteiger partial charge in [0.1, 0.15) is 0 Å². The molecule has 1 atom stereocenters. The zero-order valence-corrected chi connectivity index (χ0v) is 31.9. The SMILES string of the molecule is C#C/C(=C\C=C/C)n1c2ccccc2c2cc(-c3ccc(N(C4=CC=C(c5ccccc5)CC4C)c4ccc5c(c4)C(C)(C)c4ccccc4-5)cc3)ccc21. The molecule has 0 N–H and O–H groups in total. The molecule has 1 unspecified atom stereocenters. The highest BCUT2D eigenvalue weighted by Crippen LogP contribution is 2.51. The molecule has 0 saturated heterocycles. The van der Waals surface area contributed by atoms with Gasteiger partial charge in [-0.25, -0.2) is 0 Å². The van der Waals surface area contributed by atoms with Crippen LogP contribution in [0.25, 0.3) is 55.3 Å². The molecular formula is C53H44N2. The summed E-state index contributed by atoms with van der Waals surface area (Å²) in [5.41, 5.74) is 17.0. The van der Waals surface area contributed by atoms with Crippen molar-refractivity contribution in [3.05, 3.63) is 192 Å². The van der Waals surface area contributed by atoms with E-state index in [4.69, 9.17) is 6.42 Å². The van der Waals surface area contributed by atoms with Gasteiger partial charge in [0.05, 0.1) is 16.7 Å². The molecule has 6 aromatic carbocycles. The van der Waals surface area contributed by atoms with E-state index in [-0.39, 0.29) is 5.41 Å². The molecule has 0 spiro atoms. The smallest absolute Gasteiger partial charge is 0.0967 e. The van der Waals surface area contributed by atoms with E-state index >= 15 is 0 Å². The first-order valence-electron chi connectivity index (χ1n) is 19.3. The third-order valence-corrected chi connectivity index (χ3v) is 11.7. The van der Waals surface area contributed by atoms with Gasteiger partial charge in [-0.2, -0.15) is 0 Å². The second-order valence-corrected chi connectivity index (χ2v) is 15.3. The minimum absolute atomic E-state index is 0.0877. The number of terminal acetylenes is 1. The Labute approximate surface area is 325 Å². The van der Waals surface area contributed by atoms with Gasteiger partial charge in [-0.15, -0.1) is 6.42 Å². The lowest BCUT2D eigenvalue weighted by Crippen LogP contribution is -2.24. The molecule has 2 nitrogen and oxygen atoms in total. The monoisotopic (exact) mass is 708 g/mol. The van der Waals surface area contributed by atoms with Gasteiger partial charge in [-0.1, -0.05) is 142 Å². The molecule has 266 valence electrons. The summed E-state index contributed by atoms with van der Waals surface area (Å²) in [4.78, 5) is 2.49. The highest BCUT2D eigenvalue weighted by Gasteiger charge is 2.36. The van der Waals surface area contributed by atoms with Gasteiger partial charge in [0.15, 0.2) is 0 Å². The molecular weight excluding hydrogens is 665 g/mol. The van der Waals surface area contributed by atoms with Crippen molar-refractivity contribution in [2.24, 2.45) is 5.92 Å². The van der Waals surface area contributed by atoms with Crippen LogP contribution >= 0.6 is 0 Å². The van der Waals surface area contributed by atoms with Crippen LogP contribution in [0.5, 0.6) is 0 Å². The second kappa shape index (κ2) is 13.7. The van der Waals surface area contributed by atoms with Gasteiger partial charge in [0.2, 0.25) is 0 Å². The highest BCUT2D eigenvalue weighted by molar-refractivity contribution is 6.12. The molecule has 0 bridgehead atoms. The van der Waals surface area contributed by atoms with Crippen LogP contribution in [0.4, 0.5) is 11.4 Å². The van der Waals surface area contributed by atoms with E-state index in [1.807, 2.05) is 25.2 Å². The first kappa shape index (κ1) is 34.2. The summed E-state index contributed by atoms with van der Waals surface area (Å²) in [6, 6.07) is 51.1. The van der Waals surface area contributed by atoms with Crippen molar-refractivity contribution in [3.8, 4) is 34.6 Å². The predicted octanol–water partition coefficient (Wildman–Crippen LogP) is 14.0. The van der Waals surface area contributed by atoms with Crippen LogP contribution in [-0.4, -0.2) is 4.57 Å². The fourth-order valence-corrected chi connectivity index (χ4v) is 8.88. The Morgan fingerprint density at radius 3 is 2.16 bits per heavy atom. The molecule has 55 heavy (non-hydrogen) atoms. The van der Waals surface area contributed by atoms with Crippen molar-refractivity contribution in [2.75, 3.05) is 4.90 Å². The van der Waals surface area contributed by atoms with Crippen molar-refractivity contribution in [1.82, 2.24) is 4.57 Å². The molecule has 1 aromatic heterocycles. The summed E-state index contributed by atoms with van der Waals surface area (Å²) in [5, 5.41) is 2.37. The largest absolute Gasteiger partial charge is 0.314 e. The zero-order valence-electron chi connectivity index (χ0n) is 31.9. The Morgan fingerprint density at radius 2 is 1.38 bits per heavy atom. The summed E-state index contributed by atoms with van der Waals surface area (Å²) in [6.45, 7) is 9.09. The van der Waals surface area contributed by atoms with Gasteiger partial charge in [-0.3, -0.25) is 0 Å². The molecule has 2 heteroatoms. The second-order valence-electron chi connectivity index (χ2n) is 15.3. The number of hydrogen-bond donors (Lipinski definition) is 0. The van der Waals surface area contributed by atoms with E-state index in [9.17, 15) is 0 Å². The predicted molar refractivity (Wildman–Crippen MR) is 235 cm³/mol. The molecule has 0 radical (unpaired) electrons. The van der Waals surface area contributed by atoms with Gasteiger partial charge in [0.25, 0.3) is 0 Å². The first-order valence-corrected chi connectivity index (χ1v) is 19.3. The summed E-state index contributed by atoms with van der Waals surface area (Å²) >= 11 is 0. The van der Waals surface area contributed by atoms with Crippen LogP contribution in [0.1, 0.15) is 50.8 Å². The van der Waals surface area contributed by atoms with Crippen molar-refractivity contribution < 1.29 is 0 Å². The van der Waals surface area contributed by atoms with Crippen molar-refractivity contribution in [3.63, 3.8) is 0 Å². The van der Waals surface area contributed by atoms with E-state index in [2.05, 4.69) is 188 Å². The van der Waals surface area contributed by atoms with Gasteiger partial charge < -0.3 is 9.47 Å². The Hall–Kier alpha value is -6.56. The van der Waals surface area contributed by atoms with Crippen LogP contribution in [0.3, 0.4) is 0 Å². The molecule has 7 aromatic rings. The molecule has 9 rings (SSSR count). The van der Waals surface area contributed by atoms with E-state index in [0.29, 0.717) is 5.92 Å². The quantitative estimate of drug-likeness (QED) is 0.118. The Kier molecular flexibility index (Phi) is 8.52. The summed E-state index contributed by atoms with van der Waals surface area (Å²) in [7, 11) is 0. The summed E-state index contributed by atoms with van der Waals surface area (Å²) < 4.78 is 2.20. The molecule has 0 amide bonds. The van der Waals surface area contributed by atoms with Crippen LogP contribution in [0.15, 0.2) is 176 Å². The fraction of sp³-hybridized carbons (Fsp3) is 0.132. The zero-order chi connectivity index (χ0) is 37.7. The van der Waals surface area contributed by atoms with Gasteiger partial charge in [0, 0.05) is 39.2 Å². The van der Waals surface area contributed by atoms with E-state index < -0.39 is 0 Å². The number of hydrogen-bond acceptors (Lipinski definition) is 1. The lowest BCUT2D eigenvalue weighted by Gasteiger charge is -2.34. The topological polar surface area (TPSA) is 8.17 Å². The Bertz CT molecular complexity index is 2780.